The molecule has 1 aromatic rings. The second-order valence-corrected chi connectivity index (χ2v) is 8.05. The number of carbonyl (C=O) groups is 1. The van der Waals surface area contributed by atoms with E-state index in [0.717, 1.165) is 51.9 Å². The number of hydrogen-bond acceptors (Lipinski definition) is 4. The molecule has 3 heterocycles. The van der Waals surface area contributed by atoms with Gasteiger partial charge in [0.1, 0.15) is 0 Å². The molecule has 1 unspecified atom stereocenters. The molecule has 148 valence electrons. The van der Waals surface area contributed by atoms with Gasteiger partial charge in [0.05, 0.1) is 0 Å². The van der Waals surface area contributed by atoms with E-state index >= 15 is 0 Å². The molecule has 1 amide bonds. The third-order valence-corrected chi connectivity index (χ3v) is 6.44. The number of hydrogen-bond donors (Lipinski definition) is 1. The Bertz CT molecular complexity index is 624. The number of aliphatic hydroxyl groups excluding tert-OH is 1. The minimum Gasteiger partial charge on any atom is -0.396 e. The van der Waals surface area contributed by atoms with Crippen LogP contribution < -0.4 is 0 Å². The van der Waals surface area contributed by atoms with Crippen LogP contribution in [0.4, 0.5) is 0 Å². The lowest BCUT2D eigenvalue weighted by molar-refractivity contribution is -0.137. The van der Waals surface area contributed by atoms with E-state index in [1.54, 1.807) is 0 Å². The highest BCUT2D eigenvalue weighted by atomic mass is 16.3. The monoisotopic (exact) mass is 371 g/mol. The summed E-state index contributed by atoms with van der Waals surface area (Å²) in [6.07, 6.45) is 12.5. The molecule has 27 heavy (non-hydrogen) atoms. The molecule has 1 N–H and O–H groups in total. The molecular weight excluding hydrogens is 338 g/mol. The Labute approximate surface area is 163 Å². The number of likely N-dealkylation sites (tertiary alicyclic amines) is 2. The summed E-state index contributed by atoms with van der Waals surface area (Å²) in [6, 6.07) is 4.12. The molecule has 0 bridgehead atoms. The SMILES string of the molecule is CC/C=C/CC(=O)N1CCC2(CCN(Cc3cccnc3)CC2)C(CO)C1. The van der Waals surface area contributed by atoms with Crippen molar-refractivity contribution in [3.63, 3.8) is 0 Å². The first-order chi connectivity index (χ1) is 13.2. The van der Waals surface area contributed by atoms with Crippen molar-refractivity contribution in [1.29, 1.82) is 0 Å². The summed E-state index contributed by atoms with van der Waals surface area (Å²) in [7, 11) is 0. The van der Waals surface area contributed by atoms with E-state index in [1.165, 1.54) is 5.56 Å². The molecule has 5 nitrogen and oxygen atoms in total. The number of carbonyl (C=O) groups excluding carboxylic acids is 1. The fraction of sp³-hybridized carbons (Fsp3) is 0.636. The number of pyridine rings is 1. The Kier molecular flexibility index (Phi) is 7.02. The highest BCUT2D eigenvalue weighted by molar-refractivity contribution is 5.77. The van der Waals surface area contributed by atoms with Crippen LogP contribution in [0.5, 0.6) is 0 Å². The van der Waals surface area contributed by atoms with Crippen LogP contribution in [0.1, 0.15) is 44.6 Å². The van der Waals surface area contributed by atoms with Crippen molar-refractivity contribution >= 4 is 5.91 Å². The number of rotatable bonds is 6. The average Bonchev–Trinajstić information content (AvgIpc) is 2.71. The number of piperidine rings is 2. The summed E-state index contributed by atoms with van der Waals surface area (Å²) < 4.78 is 0. The highest BCUT2D eigenvalue weighted by Gasteiger charge is 2.45. The largest absolute Gasteiger partial charge is 0.396 e. The van der Waals surface area contributed by atoms with Gasteiger partial charge in [0.15, 0.2) is 0 Å². The lowest BCUT2D eigenvalue weighted by atomic mass is 9.64. The van der Waals surface area contributed by atoms with Gasteiger partial charge in [-0.2, -0.15) is 0 Å². The molecular formula is C22H33N3O2. The van der Waals surface area contributed by atoms with Crippen molar-refractivity contribution in [3.05, 3.63) is 42.2 Å². The van der Waals surface area contributed by atoms with Gasteiger partial charge in [-0.3, -0.25) is 14.7 Å². The first kappa shape index (κ1) is 20.0. The van der Waals surface area contributed by atoms with E-state index in [-0.39, 0.29) is 23.8 Å². The van der Waals surface area contributed by atoms with Gasteiger partial charge in [0.2, 0.25) is 5.91 Å². The topological polar surface area (TPSA) is 56.7 Å². The average molecular weight is 372 g/mol. The second-order valence-electron chi connectivity index (χ2n) is 8.05. The predicted octanol–water partition coefficient (Wildman–Crippen LogP) is 2.86. The molecule has 1 atom stereocenters. The molecule has 0 aromatic carbocycles. The molecule has 5 heteroatoms. The maximum Gasteiger partial charge on any atom is 0.226 e. The minimum absolute atomic E-state index is 0.178. The van der Waals surface area contributed by atoms with E-state index in [9.17, 15) is 9.90 Å². The van der Waals surface area contributed by atoms with Crippen LogP contribution >= 0.6 is 0 Å². The molecule has 2 fully saturated rings. The number of nitrogens with zero attached hydrogens (tertiary/aromatic N) is 3. The molecule has 1 spiro atoms. The van der Waals surface area contributed by atoms with E-state index in [2.05, 4.69) is 22.9 Å². The van der Waals surface area contributed by atoms with Crippen LogP contribution in [0.25, 0.3) is 0 Å². The van der Waals surface area contributed by atoms with Crippen LogP contribution in [0, 0.1) is 11.3 Å². The normalized spacial score (nSPS) is 23.2. The molecule has 1 aromatic heterocycles. The lowest BCUT2D eigenvalue weighted by Gasteiger charge is -2.51. The number of aromatic nitrogens is 1. The predicted molar refractivity (Wildman–Crippen MR) is 107 cm³/mol. The van der Waals surface area contributed by atoms with Gasteiger partial charge in [0, 0.05) is 51.0 Å². The maximum absolute atomic E-state index is 12.4. The lowest BCUT2D eigenvalue weighted by Crippen LogP contribution is -2.54. The molecule has 0 aliphatic carbocycles. The number of aliphatic hydroxyl groups is 1. The molecule has 0 radical (unpaired) electrons. The van der Waals surface area contributed by atoms with Crippen LogP contribution in [0.3, 0.4) is 0 Å². The van der Waals surface area contributed by atoms with Gasteiger partial charge in [-0.15, -0.1) is 0 Å². The quantitative estimate of drug-likeness (QED) is 0.781. The van der Waals surface area contributed by atoms with Crippen LogP contribution in [-0.2, 0) is 11.3 Å². The van der Waals surface area contributed by atoms with Crippen LogP contribution in [0.2, 0.25) is 0 Å². The van der Waals surface area contributed by atoms with Gasteiger partial charge < -0.3 is 10.0 Å². The zero-order valence-corrected chi connectivity index (χ0v) is 16.5. The van der Waals surface area contributed by atoms with E-state index in [0.29, 0.717) is 13.0 Å². The van der Waals surface area contributed by atoms with Crippen molar-refractivity contribution in [2.24, 2.45) is 11.3 Å². The number of allylic oxidation sites excluding steroid dienone is 1. The third-order valence-electron chi connectivity index (χ3n) is 6.44. The van der Waals surface area contributed by atoms with Crippen molar-refractivity contribution in [2.45, 2.75) is 45.6 Å². The maximum atomic E-state index is 12.4. The Morgan fingerprint density at radius 1 is 1.30 bits per heavy atom. The Morgan fingerprint density at radius 2 is 2.07 bits per heavy atom. The summed E-state index contributed by atoms with van der Waals surface area (Å²) >= 11 is 0. The summed E-state index contributed by atoms with van der Waals surface area (Å²) in [5.74, 6) is 0.396. The Morgan fingerprint density at radius 3 is 2.74 bits per heavy atom. The van der Waals surface area contributed by atoms with Crippen molar-refractivity contribution in [2.75, 3.05) is 32.8 Å². The summed E-state index contributed by atoms with van der Waals surface area (Å²) in [5.41, 5.74) is 1.45. The second kappa shape index (κ2) is 9.47. The standard InChI is InChI=1S/C22H33N3O2/c1-2-3-4-7-21(27)25-14-10-22(20(17-25)18-26)8-12-24(13-9-22)16-19-6-5-11-23-15-19/h3-6,11,15,20,26H,2,7-10,12-14,16-18H2,1H3/b4-3+. The molecule has 2 aliphatic heterocycles. The van der Waals surface area contributed by atoms with E-state index < -0.39 is 0 Å². The Balaban J connectivity index is 1.54. The first-order valence-corrected chi connectivity index (χ1v) is 10.3. The van der Waals surface area contributed by atoms with Gasteiger partial charge in [0.25, 0.3) is 0 Å². The molecule has 2 aliphatic rings. The summed E-state index contributed by atoms with van der Waals surface area (Å²) in [4.78, 5) is 21.1. The molecule has 3 rings (SSSR count). The van der Waals surface area contributed by atoms with E-state index in [1.807, 2.05) is 35.5 Å². The summed E-state index contributed by atoms with van der Waals surface area (Å²) in [6.45, 7) is 6.85. The van der Waals surface area contributed by atoms with Crippen molar-refractivity contribution in [3.8, 4) is 0 Å². The van der Waals surface area contributed by atoms with E-state index in [4.69, 9.17) is 0 Å². The van der Waals surface area contributed by atoms with Gasteiger partial charge in [-0.1, -0.05) is 25.1 Å². The van der Waals surface area contributed by atoms with Gasteiger partial charge in [-0.05, 0) is 55.8 Å². The fourth-order valence-corrected chi connectivity index (χ4v) is 4.64. The van der Waals surface area contributed by atoms with Gasteiger partial charge in [-0.25, -0.2) is 0 Å². The van der Waals surface area contributed by atoms with Crippen molar-refractivity contribution in [1.82, 2.24) is 14.8 Å². The minimum atomic E-state index is 0.178. The molecule has 0 saturated carbocycles. The Hall–Kier alpha value is -1.72. The first-order valence-electron chi connectivity index (χ1n) is 10.3. The zero-order chi connectivity index (χ0) is 19.1. The van der Waals surface area contributed by atoms with Crippen LogP contribution in [-0.4, -0.2) is 58.6 Å². The molecule has 2 saturated heterocycles. The van der Waals surface area contributed by atoms with Crippen LogP contribution in [0.15, 0.2) is 36.7 Å². The van der Waals surface area contributed by atoms with Crippen molar-refractivity contribution < 1.29 is 9.90 Å². The summed E-state index contributed by atoms with van der Waals surface area (Å²) in [5, 5.41) is 10.0. The third kappa shape index (κ3) is 4.96. The number of amides is 1. The smallest absolute Gasteiger partial charge is 0.226 e. The zero-order valence-electron chi connectivity index (χ0n) is 16.5. The fourth-order valence-electron chi connectivity index (χ4n) is 4.64. The highest BCUT2D eigenvalue weighted by Crippen LogP contribution is 2.45. The van der Waals surface area contributed by atoms with Gasteiger partial charge >= 0.3 is 0 Å².